The number of thiazole rings is 1. The van der Waals surface area contributed by atoms with Gasteiger partial charge in [-0.05, 0) is 31.2 Å². The van der Waals surface area contributed by atoms with E-state index in [0.717, 1.165) is 35.8 Å². The summed E-state index contributed by atoms with van der Waals surface area (Å²) in [7, 11) is 0. The molecule has 4 nitrogen and oxygen atoms in total. The van der Waals surface area contributed by atoms with Crippen molar-refractivity contribution in [3.05, 3.63) is 39.3 Å². The average molecular weight is 429 g/mol. The molecule has 0 aliphatic carbocycles. The van der Waals surface area contributed by atoms with Gasteiger partial charge >= 0.3 is 0 Å². The second-order valence-electron chi connectivity index (χ2n) is 5.20. The number of nitrogens with zero attached hydrogens (tertiary/aromatic N) is 1. The van der Waals surface area contributed by atoms with Crippen LogP contribution in [0.2, 0.25) is 10.0 Å². The first kappa shape index (κ1) is 21.5. The SMILES string of the molecule is Cl.Cl.O=C(Cc1csc(-c2ccc(Cl)cc2Cl)n1)NC1CCNC1. The lowest BCUT2D eigenvalue weighted by atomic mass is 10.2. The maximum atomic E-state index is 12.0. The molecule has 1 saturated heterocycles. The van der Waals surface area contributed by atoms with Gasteiger partial charge in [0.25, 0.3) is 0 Å². The van der Waals surface area contributed by atoms with Crippen molar-refractivity contribution < 1.29 is 4.79 Å². The summed E-state index contributed by atoms with van der Waals surface area (Å²) in [5.41, 5.74) is 1.59. The number of amides is 1. The molecule has 2 heterocycles. The van der Waals surface area contributed by atoms with E-state index in [9.17, 15) is 4.79 Å². The summed E-state index contributed by atoms with van der Waals surface area (Å²) in [4.78, 5) is 16.5. The first-order chi connectivity index (χ1) is 10.6. The number of carbonyl (C=O) groups excluding carboxylic acids is 1. The molecule has 1 amide bonds. The fourth-order valence-corrected chi connectivity index (χ4v) is 3.81. The second kappa shape index (κ2) is 9.80. The maximum Gasteiger partial charge on any atom is 0.226 e. The Morgan fingerprint density at radius 1 is 1.38 bits per heavy atom. The zero-order valence-electron chi connectivity index (χ0n) is 12.6. The molecule has 1 aromatic carbocycles. The summed E-state index contributed by atoms with van der Waals surface area (Å²) in [6, 6.07) is 5.55. The third-order valence-electron chi connectivity index (χ3n) is 3.48. The molecule has 24 heavy (non-hydrogen) atoms. The van der Waals surface area contributed by atoms with Gasteiger partial charge in [-0.15, -0.1) is 36.2 Å². The van der Waals surface area contributed by atoms with Crippen molar-refractivity contribution in [2.24, 2.45) is 0 Å². The van der Waals surface area contributed by atoms with Crippen LogP contribution in [0.3, 0.4) is 0 Å². The molecule has 132 valence electrons. The van der Waals surface area contributed by atoms with Gasteiger partial charge in [-0.25, -0.2) is 4.98 Å². The van der Waals surface area contributed by atoms with Crippen LogP contribution in [-0.4, -0.2) is 30.0 Å². The number of aromatic nitrogens is 1. The number of hydrogen-bond acceptors (Lipinski definition) is 4. The molecule has 0 saturated carbocycles. The van der Waals surface area contributed by atoms with Crippen molar-refractivity contribution >= 4 is 65.3 Å². The van der Waals surface area contributed by atoms with Crippen LogP contribution in [0.4, 0.5) is 0 Å². The Hall–Kier alpha value is -0.560. The molecule has 0 bridgehead atoms. The Morgan fingerprint density at radius 2 is 2.17 bits per heavy atom. The van der Waals surface area contributed by atoms with Gasteiger partial charge in [0.1, 0.15) is 5.01 Å². The van der Waals surface area contributed by atoms with E-state index in [4.69, 9.17) is 23.2 Å². The molecule has 1 aromatic heterocycles. The molecular formula is C15H17Cl4N3OS. The fourth-order valence-electron chi connectivity index (χ4n) is 2.40. The van der Waals surface area contributed by atoms with Crippen LogP contribution in [-0.2, 0) is 11.2 Å². The number of carbonyl (C=O) groups is 1. The van der Waals surface area contributed by atoms with Gasteiger partial charge in [0.15, 0.2) is 0 Å². The van der Waals surface area contributed by atoms with Gasteiger partial charge in [0, 0.05) is 28.6 Å². The summed E-state index contributed by atoms with van der Waals surface area (Å²) in [5, 5.41) is 10.1. The zero-order valence-corrected chi connectivity index (χ0v) is 16.5. The minimum atomic E-state index is 0. The molecule has 1 aliphatic heterocycles. The third-order valence-corrected chi connectivity index (χ3v) is 4.95. The Labute approximate surface area is 167 Å². The van der Waals surface area contributed by atoms with Gasteiger partial charge < -0.3 is 10.6 Å². The molecule has 2 aromatic rings. The molecule has 0 spiro atoms. The van der Waals surface area contributed by atoms with Crippen LogP contribution in [0.5, 0.6) is 0 Å². The minimum absolute atomic E-state index is 0. The lowest BCUT2D eigenvalue weighted by Crippen LogP contribution is -2.37. The summed E-state index contributed by atoms with van der Waals surface area (Å²) >= 11 is 13.6. The predicted molar refractivity (Wildman–Crippen MR) is 105 cm³/mol. The molecule has 1 atom stereocenters. The van der Waals surface area contributed by atoms with Crippen LogP contribution >= 0.6 is 59.4 Å². The molecule has 9 heteroatoms. The van der Waals surface area contributed by atoms with E-state index < -0.39 is 0 Å². The van der Waals surface area contributed by atoms with E-state index in [-0.39, 0.29) is 43.2 Å². The lowest BCUT2D eigenvalue weighted by Gasteiger charge is -2.10. The first-order valence-corrected chi connectivity index (χ1v) is 8.65. The number of benzene rings is 1. The molecule has 1 fully saturated rings. The monoisotopic (exact) mass is 427 g/mol. The van der Waals surface area contributed by atoms with Crippen LogP contribution < -0.4 is 10.6 Å². The van der Waals surface area contributed by atoms with E-state index in [1.807, 2.05) is 11.4 Å². The Balaban J connectivity index is 0.00000144. The van der Waals surface area contributed by atoms with Gasteiger partial charge in [0.05, 0.1) is 17.1 Å². The van der Waals surface area contributed by atoms with Crippen molar-refractivity contribution in [2.75, 3.05) is 13.1 Å². The van der Waals surface area contributed by atoms with E-state index in [2.05, 4.69) is 15.6 Å². The lowest BCUT2D eigenvalue weighted by molar-refractivity contribution is -0.121. The van der Waals surface area contributed by atoms with Crippen molar-refractivity contribution in [2.45, 2.75) is 18.9 Å². The minimum Gasteiger partial charge on any atom is -0.352 e. The highest BCUT2D eigenvalue weighted by atomic mass is 35.5. The van der Waals surface area contributed by atoms with Crippen LogP contribution in [0.15, 0.2) is 23.6 Å². The molecule has 1 aliphatic rings. The Morgan fingerprint density at radius 3 is 2.83 bits per heavy atom. The average Bonchev–Trinajstić information content (AvgIpc) is 3.10. The van der Waals surface area contributed by atoms with Gasteiger partial charge in [-0.2, -0.15) is 0 Å². The quantitative estimate of drug-likeness (QED) is 0.774. The molecule has 1 unspecified atom stereocenters. The van der Waals surface area contributed by atoms with Crippen molar-refractivity contribution in [1.82, 2.24) is 15.6 Å². The molecule has 0 radical (unpaired) electrons. The largest absolute Gasteiger partial charge is 0.352 e. The van der Waals surface area contributed by atoms with Gasteiger partial charge in [-0.3, -0.25) is 4.79 Å². The Kier molecular flexibility index (Phi) is 8.77. The summed E-state index contributed by atoms with van der Waals surface area (Å²) < 4.78 is 0. The van der Waals surface area contributed by atoms with Crippen molar-refractivity contribution in [3.63, 3.8) is 0 Å². The third kappa shape index (κ3) is 5.48. The van der Waals surface area contributed by atoms with Crippen LogP contribution in [0.1, 0.15) is 12.1 Å². The number of hydrogen-bond donors (Lipinski definition) is 2. The fraction of sp³-hybridized carbons (Fsp3) is 0.333. The normalized spacial score (nSPS) is 16.2. The first-order valence-electron chi connectivity index (χ1n) is 7.02. The number of nitrogens with one attached hydrogen (secondary N) is 2. The Bertz CT molecular complexity index is 689. The number of halogens is 4. The van der Waals surface area contributed by atoms with E-state index in [1.54, 1.807) is 12.1 Å². The second-order valence-corrected chi connectivity index (χ2v) is 6.90. The number of rotatable bonds is 4. The highest BCUT2D eigenvalue weighted by Gasteiger charge is 2.17. The van der Waals surface area contributed by atoms with Crippen LogP contribution in [0.25, 0.3) is 10.6 Å². The standard InChI is InChI=1S/C15H15Cl2N3OS.2ClH/c16-9-1-2-12(13(17)5-9)15-20-11(8-22-15)6-14(21)19-10-3-4-18-7-10;;/h1-2,5,8,10,18H,3-4,6-7H2,(H,19,21);2*1H. The molecule has 2 N–H and O–H groups in total. The summed E-state index contributed by atoms with van der Waals surface area (Å²) in [5.74, 6) is 0.00718. The van der Waals surface area contributed by atoms with Gasteiger partial charge in [0.2, 0.25) is 5.91 Å². The highest BCUT2D eigenvalue weighted by molar-refractivity contribution is 7.13. The summed E-state index contributed by atoms with van der Waals surface area (Å²) in [6.45, 7) is 1.80. The topological polar surface area (TPSA) is 54.0 Å². The summed E-state index contributed by atoms with van der Waals surface area (Å²) in [6.07, 6.45) is 1.27. The predicted octanol–water partition coefficient (Wildman–Crippen LogP) is 3.98. The molecule has 3 rings (SSSR count). The van der Waals surface area contributed by atoms with E-state index in [0.29, 0.717) is 10.0 Å². The van der Waals surface area contributed by atoms with E-state index >= 15 is 0 Å². The van der Waals surface area contributed by atoms with Gasteiger partial charge in [-0.1, -0.05) is 23.2 Å². The van der Waals surface area contributed by atoms with Crippen LogP contribution in [0, 0.1) is 0 Å². The maximum absolute atomic E-state index is 12.0. The van der Waals surface area contributed by atoms with Crippen molar-refractivity contribution in [3.8, 4) is 10.6 Å². The van der Waals surface area contributed by atoms with Crippen molar-refractivity contribution in [1.29, 1.82) is 0 Å². The highest BCUT2D eigenvalue weighted by Crippen LogP contribution is 2.32. The molecular weight excluding hydrogens is 412 g/mol. The zero-order chi connectivity index (χ0) is 15.5. The van der Waals surface area contributed by atoms with E-state index in [1.165, 1.54) is 11.3 Å². The smallest absolute Gasteiger partial charge is 0.226 e.